The van der Waals surface area contributed by atoms with Crippen LogP contribution in [0.15, 0.2) is 18.2 Å². The largest absolute Gasteiger partial charge is 0.327 e. The highest BCUT2D eigenvalue weighted by Crippen LogP contribution is 2.12. The Morgan fingerprint density at radius 2 is 2.19 bits per heavy atom. The van der Waals surface area contributed by atoms with Gasteiger partial charge >= 0.3 is 0 Å². The highest BCUT2D eigenvalue weighted by atomic mass is 19.1. The zero-order valence-corrected chi connectivity index (χ0v) is 9.79. The molecule has 16 heavy (non-hydrogen) atoms. The second-order valence-electron chi connectivity index (χ2n) is 4.16. The van der Waals surface area contributed by atoms with Crippen molar-refractivity contribution in [3.05, 3.63) is 35.1 Å². The fourth-order valence-electron chi connectivity index (χ4n) is 1.58. The molecular weight excluding hydrogens is 205 g/mol. The van der Waals surface area contributed by atoms with Gasteiger partial charge in [0.05, 0.1) is 0 Å². The maximum Gasteiger partial charge on any atom is 0.138 e. The van der Waals surface area contributed by atoms with Crippen molar-refractivity contribution in [2.24, 2.45) is 5.73 Å². The number of nitrogens with two attached hydrogens (primary N) is 1. The van der Waals surface area contributed by atoms with Crippen molar-refractivity contribution in [1.29, 1.82) is 0 Å². The van der Waals surface area contributed by atoms with Crippen molar-refractivity contribution in [2.45, 2.75) is 39.2 Å². The molecule has 0 spiro atoms. The smallest absolute Gasteiger partial charge is 0.138 e. The maximum absolute atomic E-state index is 12.8. The van der Waals surface area contributed by atoms with Crippen LogP contribution >= 0.6 is 0 Å². The molecule has 0 aliphatic carbocycles. The molecule has 2 N–H and O–H groups in total. The van der Waals surface area contributed by atoms with E-state index in [1.807, 2.05) is 13.8 Å². The topological polar surface area (TPSA) is 43.1 Å². The van der Waals surface area contributed by atoms with Gasteiger partial charge in [0.1, 0.15) is 11.6 Å². The summed E-state index contributed by atoms with van der Waals surface area (Å²) in [4.78, 5) is 11.6. The summed E-state index contributed by atoms with van der Waals surface area (Å²) in [7, 11) is 0. The molecule has 3 heteroatoms. The molecule has 1 rings (SSSR count). The molecule has 1 aromatic carbocycles. The first-order valence-corrected chi connectivity index (χ1v) is 5.55. The number of benzene rings is 1. The summed E-state index contributed by atoms with van der Waals surface area (Å²) >= 11 is 0. The monoisotopic (exact) mass is 223 g/mol. The van der Waals surface area contributed by atoms with Gasteiger partial charge in [-0.15, -0.1) is 0 Å². The third kappa shape index (κ3) is 3.74. The van der Waals surface area contributed by atoms with Crippen LogP contribution in [0.25, 0.3) is 0 Å². The van der Waals surface area contributed by atoms with Gasteiger partial charge in [-0.25, -0.2) is 4.39 Å². The third-order valence-corrected chi connectivity index (χ3v) is 2.71. The second-order valence-corrected chi connectivity index (χ2v) is 4.16. The van der Waals surface area contributed by atoms with E-state index in [2.05, 4.69) is 0 Å². The van der Waals surface area contributed by atoms with Gasteiger partial charge in [0, 0.05) is 18.9 Å². The number of hydrogen-bond donors (Lipinski definition) is 1. The predicted molar refractivity (Wildman–Crippen MR) is 62.7 cm³/mol. The van der Waals surface area contributed by atoms with E-state index in [0.717, 1.165) is 17.5 Å². The molecule has 0 radical (unpaired) electrons. The molecule has 0 saturated heterocycles. The number of Topliss-reactive ketones (excluding diaryl/α,β-unsaturated/α-hetero) is 1. The average molecular weight is 223 g/mol. The van der Waals surface area contributed by atoms with Crippen LogP contribution < -0.4 is 5.73 Å². The lowest BCUT2D eigenvalue weighted by Crippen LogP contribution is -2.23. The Hall–Kier alpha value is -1.22. The molecule has 0 fully saturated rings. The lowest BCUT2D eigenvalue weighted by Gasteiger charge is -2.09. The molecule has 88 valence electrons. The maximum atomic E-state index is 12.8. The van der Waals surface area contributed by atoms with Crippen molar-refractivity contribution < 1.29 is 9.18 Å². The summed E-state index contributed by atoms with van der Waals surface area (Å²) in [5, 5.41) is 0. The Morgan fingerprint density at radius 3 is 2.75 bits per heavy atom. The SMILES string of the molecule is CCC(N)CC(=O)Cc1ccc(F)cc1C. The van der Waals surface area contributed by atoms with Gasteiger partial charge < -0.3 is 5.73 Å². The highest BCUT2D eigenvalue weighted by molar-refractivity contribution is 5.81. The van der Waals surface area contributed by atoms with E-state index in [1.54, 1.807) is 6.07 Å². The lowest BCUT2D eigenvalue weighted by molar-refractivity contribution is -0.118. The van der Waals surface area contributed by atoms with Gasteiger partial charge in [0.25, 0.3) is 0 Å². The number of carbonyl (C=O) groups is 1. The van der Waals surface area contributed by atoms with Crippen molar-refractivity contribution in [2.75, 3.05) is 0 Å². The van der Waals surface area contributed by atoms with E-state index in [-0.39, 0.29) is 17.6 Å². The summed E-state index contributed by atoms with van der Waals surface area (Å²) < 4.78 is 12.8. The van der Waals surface area contributed by atoms with E-state index in [0.29, 0.717) is 12.8 Å². The van der Waals surface area contributed by atoms with E-state index < -0.39 is 0 Å². The molecule has 0 bridgehead atoms. The molecule has 1 atom stereocenters. The van der Waals surface area contributed by atoms with Crippen LogP contribution in [0.3, 0.4) is 0 Å². The second kappa shape index (κ2) is 5.75. The molecular formula is C13H18FNO. The molecule has 1 aromatic rings. The molecule has 0 aromatic heterocycles. The van der Waals surface area contributed by atoms with Crippen molar-refractivity contribution >= 4 is 5.78 Å². The van der Waals surface area contributed by atoms with Crippen LogP contribution in [0.4, 0.5) is 4.39 Å². The normalized spacial score (nSPS) is 12.5. The van der Waals surface area contributed by atoms with Crippen LogP contribution in [-0.4, -0.2) is 11.8 Å². The number of aryl methyl sites for hydroxylation is 1. The summed E-state index contributed by atoms with van der Waals surface area (Å²) in [6.45, 7) is 3.77. The Kier molecular flexibility index (Phi) is 4.62. The number of carbonyl (C=O) groups excluding carboxylic acids is 1. The molecule has 0 saturated carbocycles. The Bertz CT molecular complexity index is 376. The van der Waals surface area contributed by atoms with Crippen molar-refractivity contribution in [3.63, 3.8) is 0 Å². The van der Waals surface area contributed by atoms with E-state index in [1.165, 1.54) is 12.1 Å². The number of halogens is 1. The first-order valence-electron chi connectivity index (χ1n) is 5.55. The zero-order chi connectivity index (χ0) is 12.1. The van der Waals surface area contributed by atoms with Crippen LogP contribution in [0.5, 0.6) is 0 Å². The zero-order valence-electron chi connectivity index (χ0n) is 9.79. The van der Waals surface area contributed by atoms with Crippen LogP contribution in [0.2, 0.25) is 0 Å². The van der Waals surface area contributed by atoms with Crippen LogP contribution in [0.1, 0.15) is 30.9 Å². The molecule has 0 aliphatic rings. The van der Waals surface area contributed by atoms with E-state index >= 15 is 0 Å². The minimum absolute atomic E-state index is 0.0618. The molecule has 0 aliphatic heterocycles. The molecule has 2 nitrogen and oxygen atoms in total. The third-order valence-electron chi connectivity index (χ3n) is 2.71. The number of ketones is 1. The van der Waals surface area contributed by atoms with Gasteiger partial charge in [-0.05, 0) is 36.6 Å². The lowest BCUT2D eigenvalue weighted by atomic mass is 9.99. The summed E-state index contributed by atoms with van der Waals surface area (Å²) in [5.74, 6) is -0.150. The fraction of sp³-hybridized carbons (Fsp3) is 0.462. The van der Waals surface area contributed by atoms with E-state index in [9.17, 15) is 9.18 Å². The predicted octanol–water partition coefficient (Wildman–Crippen LogP) is 2.37. The minimum Gasteiger partial charge on any atom is -0.327 e. The van der Waals surface area contributed by atoms with E-state index in [4.69, 9.17) is 5.73 Å². The number of rotatable bonds is 5. The van der Waals surface area contributed by atoms with Crippen molar-refractivity contribution in [1.82, 2.24) is 0 Å². The molecule has 0 amide bonds. The standard InChI is InChI=1S/C13H18FNO/c1-3-12(15)8-13(16)7-10-4-5-11(14)6-9(10)2/h4-6,12H,3,7-8,15H2,1-2H3. The summed E-state index contributed by atoms with van der Waals surface area (Å²) in [6.07, 6.45) is 1.54. The first-order chi connectivity index (χ1) is 7.52. The molecule has 0 heterocycles. The average Bonchev–Trinajstić information content (AvgIpc) is 2.22. The Labute approximate surface area is 95.7 Å². The minimum atomic E-state index is -0.265. The quantitative estimate of drug-likeness (QED) is 0.832. The summed E-state index contributed by atoms with van der Waals surface area (Å²) in [5.41, 5.74) is 7.41. The van der Waals surface area contributed by atoms with Crippen LogP contribution in [0, 0.1) is 12.7 Å². The Balaban J connectivity index is 2.63. The fourth-order valence-corrected chi connectivity index (χ4v) is 1.58. The first kappa shape index (κ1) is 12.8. The van der Waals surface area contributed by atoms with Crippen LogP contribution in [-0.2, 0) is 11.2 Å². The number of hydrogen-bond acceptors (Lipinski definition) is 2. The highest BCUT2D eigenvalue weighted by Gasteiger charge is 2.10. The summed E-state index contributed by atoms with van der Waals surface area (Å²) in [6, 6.07) is 4.44. The van der Waals surface area contributed by atoms with Gasteiger partial charge in [-0.2, -0.15) is 0 Å². The van der Waals surface area contributed by atoms with Gasteiger partial charge in [-0.3, -0.25) is 4.79 Å². The molecule has 1 unspecified atom stereocenters. The van der Waals surface area contributed by atoms with Crippen molar-refractivity contribution in [3.8, 4) is 0 Å². The van der Waals surface area contributed by atoms with Gasteiger partial charge in [-0.1, -0.05) is 13.0 Å². The van der Waals surface area contributed by atoms with Gasteiger partial charge in [0.15, 0.2) is 0 Å². The Morgan fingerprint density at radius 1 is 1.50 bits per heavy atom. The van der Waals surface area contributed by atoms with Gasteiger partial charge in [0.2, 0.25) is 0 Å².